The lowest BCUT2D eigenvalue weighted by Gasteiger charge is -2.25. The van der Waals surface area contributed by atoms with Crippen molar-refractivity contribution in [1.29, 1.82) is 0 Å². The van der Waals surface area contributed by atoms with Gasteiger partial charge in [0.25, 0.3) is 11.7 Å². The molecule has 2 aliphatic rings. The highest BCUT2D eigenvalue weighted by Gasteiger charge is 2.46. The van der Waals surface area contributed by atoms with Gasteiger partial charge < -0.3 is 29.4 Å². The van der Waals surface area contributed by atoms with Crippen LogP contribution in [0.1, 0.15) is 30.0 Å². The molecule has 2 aromatic rings. The lowest BCUT2D eigenvalue weighted by Crippen LogP contribution is -2.32. The number of ketones is 1. The molecule has 1 fully saturated rings. The number of amides is 1. The monoisotopic (exact) mass is 408 g/mol. The molecule has 4 rings (SSSR count). The number of likely N-dealkylation sites (tertiary alicyclic amines) is 1. The van der Waals surface area contributed by atoms with Gasteiger partial charge in [-0.05, 0) is 30.5 Å². The fourth-order valence-electron chi connectivity index (χ4n) is 3.69. The van der Waals surface area contributed by atoms with Crippen molar-refractivity contribution in [3.05, 3.63) is 65.2 Å². The third-order valence-corrected chi connectivity index (χ3v) is 5.08. The highest BCUT2D eigenvalue weighted by molar-refractivity contribution is 6.46. The summed E-state index contributed by atoms with van der Waals surface area (Å²) in [6, 6.07) is 12.6. The molecule has 0 unspecified atom stereocenters. The zero-order valence-electron chi connectivity index (χ0n) is 15.9. The number of carbonyl (C=O) groups is 3. The summed E-state index contributed by atoms with van der Waals surface area (Å²) < 4.78 is 10.7. The Labute approximate surface area is 171 Å². The number of hydrogen-bond donors (Lipinski definition) is 1. The average Bonchev–Trinajstić information content (AvgIpc) is 3.31. The maximum Gasteiger partial charge on any atom is 0.295 e. The molecule has 0 aliphatic carbocycles. The van der Waals surface area contributed by atoms with Gasteiger partial charge in [-0.25, -0.2) is 0 Å². The molecule has 0 saturated carbocycles. The third kappa shape index (κ3) is 3.47. The molecule has 2 aliphatic heterocycles. The molecule has 154 valence electrons. The van der Waals surface area contributed by atoms with Crippen LogP contribution in [0.15, 0.2) is 54.1 Å². The van der Waals surface area contributed by atoms with Gasteiger partial charge in [-0.1, -0.05) is 36.4 Å². The van der Waals surface area contributed by atoms with Crippen LogP contribution in [-0.2, 0) is 14.4 Å². The maximum atomic E-state index is 12.9. The summed E-state index contributed by atoms with van der Waals surface area (Å²) in [6.07, 6.45) is -0.142. The van der Waals surface area contributed by atoms with E-state index in [2.05, 4.69) is 0 Å². The number of benzene rings is 2. The Morgan fingerprint density at radius 3 is 2.57 bits per heavy atom. The van der Waals surface area contributed by atoms with Crippen LogP contribution in [0, 0.1) is 0 Å². The summed E-state index contributed by atoms with van der Waals surface area (Å²) >= 11 is 0. The molecule has 0 radical (unpaired) electrons. The summed E-state index contributed by atoms with van der Waals surface area (Å²) in [5.41, 5.74) is 0.888. The van der Waals surface area contributed by atoms with E-state index in [4.69, 9.17) is 9.47 Å². The van der Waals surface area contributed by atoms with E-state index in [1.807, 2.05) is 0 Å². The number of aliphatic hydroxyl groups excluding tert-OH is 1. The van der Waals surface area contributed by atoms with Crippen LogP contribution in [0.3, 0.4) is 0 Å². The summed E-state index contributed by atoms with van der Waals surface area (Å²) in [5.74, 6) is -2.15. The Morgan fingerprint density at radius 1 is 1.10 bits per heavy atom. The maximum absolute atomic E-state index is 12.9. The molecular formula is C22H18NO7-. The van der Waals surface area contributed by atoms with Crippen molar-refractivity contribution in [2.24, 2.45) is 0 Å². The Kier molecular flexibility index (Phi) is 5.14. The lowest BCUT2D eigenvalue weighted by atomic mass is 9.95. The van der Waals surface area contributed by atoms with Crippen molar-refractivity contribution in [3.63, 3.8) is 0 Å². The van der Waals surface area contributed by atoms with E-state index in [1.165, 1.54) is 4.90 Å². The minimum absolute atomic E-state index is 0.0171. The van der Waals surface area contributed by atoms with Gasteiger partial charge in [-0.15, -0.1) is 0 Å². The topological polar surface area (TPSA) is 116 Å². The number of Topliss-reactive ketones (excluding diaryl/α,β-unsaturated/α-hetero) is 1. The lowest BCUT2D eigenvalue weighted by molar-refractivity contribution is -0.305. The van der Waals surface area contributed by atoms with Gasteiger partial charge in [0.05, 0.1) is 11.6 Å². The highest BCUT2D eigenvalue weighted by Crippen LogP contribution is 2.43. The molecule has 1 saturated heterocycles. The molecule has 0 bridgehead atoms. The predicted molar refractivity (Wildman–Crippen MR) is 102 cm³/mol. The second-order valence-corrected chi connectivity index (χ2v) is 6.95. The molecule has 1 atom stereocenters. The minimum atomic E-state index is -1.24. The van der Waals surface area contributed by atoms with Crippen LogP contribution in [0.2, 0.25) is 0 Å². The number of hydrogen-bond acceptors (Lipinski definition) is 7. The van der Waals surface area contributed by atoms with E-state index >= 15 is 0 Å². The molecule has 1 N–H and O–H groups in total. The SMILES string of the molecule is O=C([O-])CCCN1C(=O)C(=O)C(=C(O)c2ccccc2)[C@@H]1c1ccc2c(c1)OCO2. The second kappa shape index (κ2) is 7.90. The molecular weight excluding hydrogens is 390 g/mol. The Morgan fingerprint density at radius 2 is 1.83 bits per heavy atom. The van der Waals surface area contributed by atoms with Crippen molar-refractivity contribution in [3.8, 4) is 11.5 Å². The number of carboxylic acids is 1. The Bertz CT molecular complexity index is 1040. The zero-order chi connectivity index (χ0) is 21.3. The number of fused-ring (bicyclic) bond motifs is 1. The standard InChI is InChI=1S/C22H19NO7/c24-17(25)7-4-10-23-19(14-8-9-15-16(11-14)30-12-29-15)18(21(27)22(23)28)20(26)13-5-2-1-3-6-13/h1-3,5-6,8-9,11,19,26H,4,7,10,12H2,(H,24,25)/p-1/t19-/m0/s1. The number of carbonyl (C=O) groups excluding carboxylic acids is 3. The van der Waals surface area contributed by atoms with Crippen molar-refractivity contribution < 1.29 is 34.1 Å². The third-order valence-electron chi connectivity index (χ3n) is 5.08. The van der Waals surface area contributed by atoms with E-state index in [1.54, 1.807) is 48.5 Å². The van der Waals surface area contributed by atoms with Gasteiger partial charge >= 0.3 is 0 Å². The smallest absolute Gasteiger partial charge is 0.295 e. The van der Waals surface area contributed by atoms with E-state index in [-0.39, 0.29) is 37.5 Å². The van der Waals surface area contributed by atoms with Gasteiger partial charge in [0.15, 0.2) is 11.5 Å². The molecule has 0 spiro atoms. The number of aliphatic hydroxyl groups is 1. The first kappa shape index (κ1) is 19.5. The highest BCUT2D eigenvalue weighted by atomic mass is 16.7. The molecule has 8 heteroatoms. The van der Waals surface area contributed by atoms with Crippen LogP contribution >= 0.6 is 0 Å². The van der Waals surface area contributed by atoms with Gasteiger partial charge in [0.1, 0.15) is 5.76 Å². The van der Waals surface area contributed by atoms with Gasteiger partial charge in [0, 0.05) is 18.1 Å². The number of rotatable bonds is 6. The van der Waals surface area contributed by atoms with Gasteiger partial charge in [-0.3, -0.25) is 9.59 Å². The van der Waals surface area contributed by atoms with Gasteiger partial charge in [-0.2, -0.15) is 0 Å². The molecule has 2 aromatic carbocycles. The minimum Gasteiger partial charge on any atom is -0.550 e. The fourth-order valence-corrected chi connectivity index (χ4v) is 3.69. The number of carboxylic acid groups (broad SMARTS) is 1. The van der Waals surface area contributed by atoms with Crippen LogP contribution in [0.25, 0.3) is 5.76 Å². The van der Waals surface area contributed by atoms with E-state index in [0.717, 1.165) is 0 Å². The first-order valence-electron chi connectivity index (χ1n) is 9.40. The quantitative estimate of drug-likeness (QED) is 0.436. The normalized spacial score (nSPS) is 19.3. The van der Waals surface area contributed by atoms with E-state index in [0.29, 0.717) is 22.6 Å². The van der Waals surface area contributed by atoms with Crippen molar-refractivity contribution in [2.45, 2.75) is 18.9 Å². The predicted octanol–water partition coefficient (Wildman–Crippen LogP) is 1.37. The second-order valence-electron chi connectivity index (χ2n) is 6.95. The summed E-state index contributed by atoms with van der Waals surface area (Å²) in [5, 5.41) is 21.7. The van der Waals surface area contributed by atoms with Crippen LogP contribution in [0.4, 0.5) is 0 Å². The molecule has 1 amide bonds. The molecule has 0 aromatic heterocycles. The first-order chi connectivity index (χ1) is 14.5. The van der Waals surface area contributed by atoms with Crippen LogP contribution < -0.4 is 14.6 Å². The summed E-state index contributed by atoms with van der Waals surface area (Å²) in [7, 11) is 0. The Balaban J connectivity index is 1.80. The number of nitrogens with zero attached hydrogens (tertiary/aromatic N) is 1. The first-order valence-corrected chi connectivity index (χ1v) is 9.40. The van der Waals surface area contributed by atoms with Crippen molar-refractivity contribution in [2.75, 3.05) is 13.3 Å². The molecule has 8 nitrogen and oxygen atoms in total. The van der Waals surface area contributed by atoms with E-state index in [9.17, 15) is 24.6 Å². The number of ether oxygens (including phenoxy) is 2. The van der Waals surface area contributed by atoms with Crippen LogP contribution in [0.5, 0.6) is 11.5 Å². The average molecular weight is 408 g/mol. The van der Waals surface area contributed by atoms with Crippen LogP contribution in [-0.4, -0.2) is 41.0 Å². The number of aliphatic carboxylic acids is 1. The zero-order valence-corrected chi connectivity index (χ0v) is 15.9. The fraction of sp³-hybridized carbons (Fsp3) is 0.227. The molecule has 30 heavy (non-hydrogen) atoms. The Hall–Kier alpha value is -3.81. The summed E-state index contributed by atoms with van der Waals surface area (Å²) in [4.78, 5) is 37.7. The van der Waals surface area contributed by atoms with Crippen molar-refractivity contribution in [1.82, 2.24) is 4.90 Å². The largest absolute Gasteiger partial charge is 0.550 e. The van der Waals surface area contributed by atoms with Gasteiger partial charge in [0.2, 0.25) is 6.79 Å². The summed E-state index contributed by atoms with van der Waals surface area (Å²) in [6.45, 7) is 0.0812. The van der Waals surface area contributed by atoms with Crippen molar-refractivity contribution >= 4 is 23.4 Å². The van der Waals surface area contributed by atoms with E-state index < -0.39 is 23.7 Å². The molecule has 2 heterocycles.